The van der Waals surface area contributed by atoms with Crippen molar-refractivity contribution in [3.8, 4) is 0 Å². The number of nitrogens with one attached hydrogen (secondary N) is 3. The molecule has 2 aromatic carbocycles. The molecule has 0 saturated heterocycles. The van der Waals surface area contributed by atoms with E-state index in [0.29, 0.717) is 17.7 Å². The molecule has 3 N–H and O–H groups in total. The molecule has 3 amide bonds. The SMILES string of the molecule is CC(=O)NCc1ccc(C(=O)NNC(=O)Cc2ccc(F)cc2)cc1. The predicted octanol–water partition coefficient (Wildman–Crippen LogP) is 1.47. The van der Waals surface area contributed by atoms with Gasteiger partial charge in [0.25, 0.3) is 5.91 Å². The summed E-state index contributed by atoms with van der Waals surface area (Å²) in [5.41, 5.74) is 6.48. The minimum atomic E-state index is -0.460. The summed E-state index contributed by atoms with van der Waals surface area (Å²) < 4.78 is 12.8. The van der Waals surface area contributed by atoms with Crippen LogP contribution in [0, 0.1) is 5.82 Å². The van der Waals surface area contributed by atoms with Crippen molar-refractivity contribution in [2.45, 2.75) is 19.9 Å². The van der Waals surface area contributed by atoms with Crippen LogP contribution in [0.15, 0.2) is 48.5 Å². The van der Waals surface area contributed by atoms with Gasteiger partial charge in [0, 0.05) is 19.0 Å². The Morgan fingerprint density at radius 1 is 0.880 bits per heavy atom. The molecule has 25 heavy (non-hydrogen) atoms. The van der Waals surface area contributed by atoms with E-state index in [1.54, 1.807) is 24.3 Å². The lowest BCUT2D eigenvalue weighted by Crippen LogP contribution is -2.42. The number of carbonyl (C=O) groups is 3. The topological polar surface area (TPSA) is 87.3 Å². The van der Waals surface area contributed by atoms with Crippen LogP contribution in [0.1, 0.15) is 28.4 Å². The molecule has 0 aliphatic rings. The maximum Gasteiger partial charge on any atom is 0.269 e. The molecule has 2 aromatic rings. The van der Waals surface area contributed by atoms with Crippen molar-refractivity contribution >= 4 is 17.7 Å². The summed E-state index contributed by atoms with van der Waals surface area (Å²) >= 11 is 0. The molecule has 6 nitrogen and oxygen atoms in total. The fourth-order valence-corrected chi connectivity index (χ4v) is 2.03. The van der Waals surface area contributed by atoms with Crippen LogP contribution >= 0.6 is 0 Å². The van der Waals surface area contributed by atoms with E-state index in [1.807, 2.05) is 0 Å². The van der Waals surface area contributed by atoms with E-state index >= 15 is 0 Å². The summed E-state index contributed by atoms with van der Waals surface area (Å²) in [6.45, 7) is 1.81. The fraction of sp³-hybridized carbons (Fsp3) is 0.167. The molecule has 0 saturated carbocycles. The number of rotatable bonds is 5. The average molecular weight is 343 g/mol. The lowest BCUT2D eigenvalue weighted by molar-refractivity contribution is -0.121. The molecule has 0 atom stereocenters. The van der Waals surface area contributed by atoms with Gasteiger partial charge in [-0.05, 0) is 35.4 Å². The van der Waals surface area contributed by atoms with E-state index in [9.17, 15) is 18.8 Å². The van der Waals surface area contributed by atoms with Gasteiger partial charge in [-0.25, -0.2) is 4.39 Å². The molecule has 0 radical (unpaired) electrons. The lowest BCUT2D eigenvalue weighted by atomic mass is 10.1. The second-order valence-electron chi connectivity index (χ2n) is 5.41. The highest BCUT2D eigenvalue weighted by atomic mass is 19.1. The summed E-state index contributed by atoms with van der Waals surface area (Å²) in [7, 11) is 0. The molecule has 0 unspecified atom stereocenters. The predicted molar refractivity (Wildman–Crippen MR) is 89.7 cm³/mol. The molecule has 0 aliphatic carbocycles. The Labute approximate surface area is 144 Å². The van der Waals surface area contributed by atoms with Gasteiger partial charge in [-0.15, -0.1) is 0 Å². The molecule has 7 heteroatoms. The number of halogens is 1. The summed E-state index contributed by atoms with van der Waals surface area (Å²) in [5, 5.41) is 2.66. The third kappa shape index (κ3) is 6.06. The quantitative estimate of drug-likeness (QED) is 0.719. The molecule has 0 bridgehead atoms. The van der Waals surface area contributed by atoms with E-state index in [4.69, 9.17) is 0 Å². The van der Waals surface area contributed by atoms with Crippen LogP contribution in [0.5, 0.6) is 0 Å². The van der Waals surface area contributed by atoms with E-state index < -0.39 is 11.8 Å². The van der Waals surface area contributed by atoms with E-state index in [2.05, 4.69) is 16.2 Å². The molecule has 0 aliphatic heterocycles. The van der Waals surface area contributed by atoms with Crippen molar-refractivity contribution in [2.24, 2.45) is 0 Å². The van der Waals surface area contributed by atoms with Crippen LogP contribution in [-0.4, -0.2) is 17.7 Å². The van der Waals surface area contributed by atoms with Crippen molar-refractivity contribution in [2.75, 3.05) is 0 Å². The fourth-order valence-electron chi connectivity index (χ4n) is 2.03. The van der Waals surface area contributed by atoms with Gasteiger partial charge in [0.05, 0.1) is 6.42 Å². The molecular weight excluding hydrogens is 325 g/mol. The maximum absolute atomic E-state index is 12.8. The lowest BCUT2D eigenvalue weighted by Gasteiger charge is -2.08. The van der Waals surface area contributed by atoms with E-state index in [0.717, 1.165) is 5.56 Å². The number of amides is 3. The third-order valence-corrected chi connectivity index (χ3v) is 3.35. The van der Waals surface area contributed by atoms with Crippen LogP contribution in [0.2, 0.25) is 0 Å². The first-order valence-corrected chi connectivity index (χ1v) is 7.61. The first kappa shape index (κ1) is 18.1. The number of benzene rings is 2. The summed E-state index contributed by atoms with van der Waals surface area (Å²) in [4.78, 5) is 34.6. The highest BCUT2D eigenvalue weighted by Gasteiger charge is 2.08. The van der Waals surface area contributed by atoms with Crippen LogP contribution in [-0.2, 0) is 22.6 Å². The second kappa shape index (κ2) is 8.58. The van der Waals surface area contributed by atoms with Crippen molar-refractivity contribution in [1.29, 1.82) is 0 Å². The van der Waals surface area contributed by atoms with Crippen molar-refractivity contribution in [3.63, 3.8) is 0 Å². The van der Waals surface area contributed by atoms with Gasteiger partial charge in [-0.2, -0.15) is 0 Å². The van der Waals surface area contributed by atoms with Crippen LogP contribution in [0.3, 0.4) is 0 Å². The molecule has 0 heterocycles. The first-order valence-electron chi connectivity index (χ1n) is 7.61. The Kier molecular flexibility index (Phi) is 6.22. The average Bonchev–Trinajstić information content (AvgIpc) is 2.60. The number of hydrogen-bond acceptors (Lipinski definition) is 3. The van der Waals surface area contributed by atoms with Gasteiger partial charge >= 0.3 is 0 Å². The van der Waals surface area contributed by atoms with Crippen LogP contribution in [0.25, 0.3) is 0 Å². The maximum atomic E-state index is 12.8. The molecule has 2 rings (SSSR count). The normalized spacial score (nSPS) is 10.0. The Morgan fingerprint density at radius 2 is 1.48 bits per heavy atom. The minimum absolute atomic E-state index is 0.0240. The first-order chi connectivity index (χ1) is 11.9. The van der Waals surface area contributed by atoms with Gasteiger partial charge in [-0.1, -0.05) is 24.3 Å². The number of hydrogen-bond donors (Lipinski definition) is 3. The second-order valence-corrected chi connectivity index (χ2v) is 5.41. The van der Waals surface area contributed by atoms with Gasteiger partial charge in [0.2, 0.25) is 11.8 Å². The molecule has 130 valence electrons. The molecule has 0 spiro atoms. The van der Waals surface area contributed by atoms with E-state index in [1.165, 1.54) is 31.2 Å². The highest BCUT2D eigenvalue weighted by molar-refractivity contribution is 5.95. The molecule has 0 fully saturated rings. The zero-order valence-electron chi connectivity index (χ0n) is 13.6. The van der Waals surface area contributed by atoms with Gasteiger partial charge in [0.1, 0.15) is 5.82 Å². The zero-order valence-corrected chi connectivity index (χ0v) is 13.6. The van der Waals surface area contributed by atoms with Crippen molar-refractivity contribution in [1.82, 2.24) is 16.2 Å². The van der Waals surface area contributed by atoms with Gasteiger partial charge < -0.3 is 5.32 Å². The Bertz CT molecular complexity index is 758. The Hall–Kier alpha value is -3.22. The standard InChI is InChI=1S/C18H18FN3O3/c1-12(23)20-11-14-2-6-15(7-3-14)18(25)22-21-17(24)10-13-4-8-16(19)9-5-13/h2-9H,10-11H2,1H3,(H,20,23)(H,21,24)(H,22,25). The Morgan fingerprint density at radius 3 is 2.08 bits per heavy atom. The largest absolute Gasteiger partial charge is 0.352 e. The zero-order chi connectivity index (χ0) is 18.2. The number of carbonyl (C=O) groups excluding carboxylic acids is 3. The molecular formula is C18H18FN3O3. The van der Waals surface area contributed by atoms with Crippen molar-refractivity contribution < 1.29 is 18.8 Å². The Balaban J connectivity index is 1.81. The number of hydrazine groups is 1. The highest BCUT2D eigenvalue weighted by Crippen LogP contribution is 2.05. The van der Waals surface area contributed by atoms with Gasteiger partial charge in [0.15, 0.2) is 0 Å². The summed E-state index contributed by atoms with van der Waals surface area (Å²) in [6.07, 6.45) is 0.0240. The molecule has 0 aromatic heterocycles. The monoisotopic (exact) mass is 343 g/mol. The van der Waals surface area contributed by atoms with Crippen LogP contribution < -0.4 is 16.2 Å². The smallest absolute Gasteiger partial charge is 0.269 e. The third-order valence-electron chi connectivity index (χ3n) is 3.35. The van der Waals surface area contributed by atoms with Crippen molar-refractivity contribution in [3.05, 3.63) is 71.0 Å². The van der Waals surface area contributed by atoms with Crippen LogP contribution in [0.4, 0.5) is 4.39 Å². The summed E-state index contributed by atoms with van der Waals surface area (Å²) in [5.74, 6) is -1.38. The minimum Gasteiger partial charge on any atom is -0.352 e. The van der Waals surface area contributed by atoms with E-state index in [-0.39, 0.29) is 18.1 Å². The van der Waals surface area contributed by atoms with Gasteiger partial charge in [-0.3, -0.25) is 25.2 Å². The summed E-state index contributed by atoms with van der Waals surface area (Å²) in [6, 6.07) is 12.2.